The highest BCUT2D eigenvalue weighted by atomic mass is 16.5. The zero-order valence-electron chi connectivity index (χ0n) is 12.2. The van der Waals surface area contributed by atoms with Crippen LogP contribution in [-0.4, -0.2) is 54.7 Å². The van der Waals surface area contributed by atoms with Gasteiger partial charge in [0.1, 0.15) is 0 Å². The molecule has 1 amide bonds. The van der Waals surface area contributed by atoms with E-state index in [4.69, 9.17) is 10.5 Å². The van der Waals surface area contributed by atoms with Gasteiger partial charge in [0.15, 0.2) is 0 Å². The lowest BCUT2D eigenvalue weighted by Gasteiger charge is -2.44. The summed E-state index contributed by atoms with van der Waals surface area (Å²) in [7, 11) is 0. The predicted molar refractivity (Wildman–Crippen MR) is 77.3 cm³/mol. The third-order valence-corrected chi connectivity index (χ3v) is 4.91. The standard InChI is InChI=1S/C15H27N3O2/c16-15(19)12(17-11-5-6-11)7-8-18-9-10-20-14-4-2-1-3-13(14)18/h11-14,17H,1-10H2,(H2,16,19). The fourth-order valence-corrected chi connectivity index (χ4v) is 3.59. The van der Waals surface area contributed by atoms with Gasteiger partial charge in [-0.1, -0.05) is 12.8 Å². The molecule has 0 spiro atoms. The van der Waals surface area contributed by atoms with Crippen LogP contribution in [0.15, 0.2) is 0 Å². The van der Waals surface area contributed by atoms with Gasteiger partial charge in [0.25, 0.3) is 0 Å². The van der Waals surface area contributed by atoms with Crippen molar-refractivity contribution in [3.8, 4) is 0 Å². The molecule has 1 heterocycles. The molecule has 1 saturated heterocycles. The molecule has 3 N–H and O–H groups in total. The van der Waals surface area contributed by atoms with Crippen LogP contribution >= 0.6 is 0 Å². The zero-order chi connectivity index (χ0) is 13.9. The summed E-state index contributed by atoms with van der Waals surface area (Å²) in [6.45, 7) is 2.78. The smallest absolute Gasteiger partial charge is 0.234 e. The van der Waals surface area contributed by atoms with E-state index in [0.717, 1.165) is 26.1 Å². The van der Waals surface area contributed by atoms with E-state index in [2.05, 4.69) is 10.2 Å². The van der Waals surface area contributed by atoms with E-state index < -0.39 is 0 Å². The van der Waals surface area contributed by atoms with E-state index in [1.165, 1.54) is 38.5 Å². The van der Waals surface area contributed by atoms with Crippen LogP contribution in [0.2, 0.25) is 0 Å². The van der Waals surface area contributed by atoms with E-state index in [-0.39, 0.29) is 11.9 Å². The lowest BCUT2D eigenvalue weighted by Crippen LogP contribution is -2.54. The molecule has 3 atom stereocenters. The van der Waals surface area contributed by atoms with Crippen LogP contribution in [0.4, 0.5) is 0 Å². The minimum Gasteiger partial charge on any atom is -0.375 e. The number of morpholine rings is 1. The molecule has 0 radical (unpaired) electrons. The molecule has 2 saturated carbocycles. The summed E-state index contributed by atoms with van der Waals surface area (Å²) in [5, 5.41) is 3.37. The number of nitrogens with zero attached hydrogens (tertiary/aromatic N) is 1. The van der Waals surface area contributed by atoms with E-state index in [9.17, 15) is 4.79 Å². The second-order valence-corrected chi connectivity index (χ2v) is 6.48. The highest BCUT2D eigenvalue weighted by Gasteiger charge is 2.35. The molecule has 5 nitrogen and oxygen atoms in total. The topological polar surface area (TPSA) is 67.6 Å². The number of hydrogen-bond donors (Lipinski definition) is 2. The molecular formula is C15H27N3O2. The molecule has 0 aromatic heterocycles. The molecule has 5 heteroatoms. The van der Waals surface area contributed by atoms with Gasteiger partial charge in [-0.3, -0.25) is 9.69 Å². The number of ether oxygens (including phenoxy) is 1. The third-order valence-electron chi connectivity index (χ3n) is 4.91. The summed E-state index contributed by atoms with van der Waals surface area (Å²) in [5.74, 6) is -0.203. The van der Waals surface area contributed by atoms with Crippen LogP contribution in [0, 0.1) is 0 Å². The van der Waals surface area contributed by atoms with Gasteiger partial charge in [-0.2, -0.15) is 0 Å². The predicted octanol–water partition coefficient (Wildman–Crippen LogP) is 0.626. The lowest BCUT2D eigenvalue weighted by molar-refractivity contribution is -0.120. The first-order chi connectivity index (χ1) is 9.74. The molecule has 3 rings (SSSR count). The Bertz CT molecular complexity index is 344. The fourth-order valence-electron chi connectivity index (χ4n) is 3.59. The van der Waals surface area contributed by atoms with E-state index in [1.807, 2.05) is 0 Å². The van der Waals surface area contributed by atoms with Gasteiger partial charge in [0, 0.05) is 25.2 Å². The SMILES string of the molecule is NC(=O)C(CCN1CCOC2CCCCC21)NC1CC1. The maximum absolute atomic E-state index is 11.5. The first-order valence-electron chi connectivity index (χ1n) is 8.15. The maximum Gasteiger partial charge on any atom is 0.234 e. The second-order valence-electron chi connectivity index (χ2n) is 6.48. The van der Waals surface area contributed by atoms with Gasteiger partial charge in [-0.25, -0.2) is 0 Å². The minimum atomic E-state index is -0.203. The monoisotopic (exact) mass is 281 g/mol. The van der Waals surface area contributed by atoms with Crippen LogP contribution in [0.5, 0.6) is 0 Å². The van der Waals surface area contributed by atoms with E-state index in [1.54, 1.807) is 0 Å². The van der Waals surface area contributed by atoms with Crippen molar-refractivity contribution in [1.29, 1.82) is 0 Å². The number of nitrogens with one attached hydrogen (secondary N) is 1. The summed E-state index contributed by atoms with van der Waals surface area (Å²) in [5.41, 5.74) is 5.52. The first kappa shape index (κ1) is 14.3. The molecule has 0 bridgehead atoms. The summed E-state index contributed by atoms with van der Waals surface area (Å²) in [6.07, 6.45) is 8.65. The number of fused-ring (bicyclic) bond motifs is 1. The number of hydrogen-bond acceptors (Lipinski definition) is 4. The molecule has 0 aromatic carbocycles. The summed E-state index contributed by atoms with van der Waals surface area (Å²) >= 11 is 0. The molecular weight excluding hydrogens is 254 g/mol. The average molecular weight is 281 g/mol. The third kappa shape index (κ3) is 3.51. The van der Waals surface area contributed by atoms with Crippen molar-refractivity contribution in [3.05, 3.63) is 0 Å². The van der Waals surface area contributed by atoms with Crippen LogP contribution in [0.3, 0.4) is 0 Å². The van der Waals surface area contributed by atoms with Crippen molar-refractivity contribution >= 4 is 5.91 Å². The number of rotatable bonds is 6. The second kappa shape index (κ2) is 6.41. The molecule has 2 aliphatic carbocycles. The van der Waals surface area contributed by atoms with Gasteiger partial charge in [0.2, 0.25) is 5.91 Å². The Hall–Kier alpha value is -0.650. The Morgan fingerprint density at radius 2 is 2.10 bits per heavy atom. The molecule has 1 aliphatic heterocycles. The molecule has 20 heavy (non-hydrogen) atoms. The van der Waals surface area contributed by atoms with Gasteiger partial charge >= 0.3 is 0 Å². The van der Waals surface area contributed by atoms with Crippen LogP contribution in [-0.2, 0) is 9.53 Å². The lowest BCUT2D eigenvalue weighted by atomic mass is 9.90. The normalized spacial score (nSPS) is 32.6. The van der Waals surface area contributed by atoms with Gasteiger partial charge in [-0.15, -0.1) is 0 Å². The number of carbonyl (C=O) groups excluding carboxylic acids is 1. The van der Waals surface area contributed by atoms with Gasteiger partial charge < -0.3 is 15.8 Å². The molecule has 3 unspecified atom stereocenters. The average Bonchev–Trinajstić information content (AvgIpc) is 3.27. The Kier molecular flexibility index (Phi) is 4.58. The number of amides is 1. The van der Waals surface area contributed by atoms with Gasteiger partial charge in [-0.05, 0) is 32.1 Å². The summed E-state index contributed by atoms with van der Waals surface area (Å²) < 4.78 is 5.89. The van der Waals surface area contributed by atoms with Crippen molar-refractivity contribution in [2.75, 3.05) is 19.7 Å². The van der Waals surface area contributed by atoms with Crippen LogP contribution < -0.4 is 11.1 Å². The Labute approximate surface area is 121 Å². The molecule has 3 fully saturated rings. The minimum absolute atomic E-state index is 0.160. The Morgan fingerprint density at radius 3 is 2.85 bits per heavy atom. The van der Waals surface area contributed by atoms with Crippen molar-refractivity contribution in [2.45, 2.75) is 69.2 Å². The van der Waals surface area contributed by atoms with Gasteiger partial charge in [0.05, 0.1) is 18.8 Å². The molecule has 3 aliphatic rings. The van der Waals surface area contributed by atoms with E-state index >= 15 is 0 Å². The number of nitrogens with two attached hydrogens (primary N) is 1. The molecule has 114 valence electrons. The quantitative estimate of drug-likeness (QED) is 0.749. The zero-order valence-corrected chi connectivity index (χ0v) is 12.2. The number of carbonyl (C=O) groups is 1. The van der Waals surface area contributed by atoms with Crippen LogP contribution in [0.25, 0.3) is 0 Å². The van der Waals surface area contributed by atoms with Crippen molar-refractivity contribution < 1.29 is 9.53 Å². The first-order valence-corrected chi connectivity index (χ1v) is 8.15. The highest BCUT2D eigenvalue weighted by Crippen LogP contribution is 2.28. The Morgan fingerprint density at radius 1 is 1.30 bits per heavy atom. The number of primary amides is 1. The van der Waals surface area contributed by atoms with E-state index in [0.29, 0.717) is 18.2 Å². The van der Waals surface area contributed by atoms with Crippen molar-refractivity contribution in [2.24, 2.45) is 5.73 Å². The van der Waals surface area contributed by atoms with Crippen molar-refractivity contribution in [3.63, 3.8) is 0 Å². The summed E-state index contributed by atoms with van der Waals surface area (Å²) in [6, 6.07) is 0.930. The van der Waals surface area contributed by atoms with Crippen LogP contribution in [0.1, 0.15) is 44.9 Å². The maximum atomic E-state index is 11.5. The molecule has 0 aromatic rings. The highest BCUT2D eigenvalue weighted by molar-refractivity contribution is 5.79. The summed E-state index contributed by atoms with van der Waals surface area (Å²) in [4.78, 5) is 14.1. The fraction of sp³-hybridized carbons (Fsp3) is 0.933. The van der Waals surface area contributed by atoms with Crippen molar-refractivity contribution in [1.82, 2.24) is 10.2 Å². The largest absolute Gasteiger partial charge is 0.375 e. The Balaban J connectivity index is 1.51.